The molecule has 0 spiro atoms. The SMILES string of the molecule is CCNC1CCC(CC)CC1CN(C)C(C)C(C)C. The Morgan fingerprint density at radius 1 is 1.16 bits per heavy atom. The zero-order valence-electron chi connectivity index (χ0n) is 14.1. The smallest absolute Gasteiger partial charge is 0.0108 e. The third kappa shape index (κ3) is 5.07. The van der Waals surface area contributed by atoms with Crippen LogP contribution in [0.1, 0.15) is 60.3 Å². The summed E-state index contributed by atoms with van der Waals surface area (Å²) >= 11 is 0. The van der Waals surface area contributed by atoms with Crippen molar-refractivity contribution in [3.8, 4) is 0 Å². The minimum absolute atomic E-state index is 0.685. The summed E-state index contributed by atoms with van der Waals surface area (Å²) in [6.45, 7) is 14.0. The van der Waals surface area contributed by atoms with Crippen LogP contribution in [0.3, 0.4) is 0 Å². The molecule has 1 rings (SSSR count). The van der Waals surface area contributed by atoms with Crippen molar-refractivity contribution in [3.05, 3.63) is 0 Å². The van der Waals surface area contributed by atoms with Crippen molar-refractivity contribution in [1.29, 1.82) is 0 Å². The van der Waals surface area contributed by atoms with Gasteiger partial charge in [0.05, 0.1) is 0 Å². The molecule has 19 heavy (non-hydrogen) atoms. The third-order valence-corrected chi connectivity index (χ3v) is 5.32. The molecule has 0 amide bonds. The lowest BCUT2D eigenvalue weighted by Crippen LogP contribution is -2.47. The van der Waals surface area contributed by atoms with Crippen molar-refractivity contribution in [2.45, 2.75) is 72.4 Å². The van der Waals surface area contributed by atoms with E-state index in [1.165, 1.54) is 32.2 Å². The normalized spacial score (nSPS) is 30.0. The van der Waals surface area contributed by atoms with Gasteiger partial charge in [-0.1, -0.05) is 34.1 Å². The first-order valence-electron chi connectivity index (χ1n) is 8.43. The average Bonchev–Trinajstić information content (AvgIpc) is 2.39. The van der Waals surface area contributed by atoms with E-state index >= 15 is 0 Å². The lowest BCUT2D eigenvalue weighted by atomic mass is 9.76. The molecule has 0 aliphatic heterocycles. The molecule has 114 valence electrons. The van der Waals surface area contributed by atoms with E-state index in [0.717, 1.165) is 30.3 Å². The van der Waals surface area contributed by atoms with Crippen molar-refractivity contribution >= 4 is 0 Å². The number of hydrogen-bond donors (Lipinski definition) is 1. The van der Waals surface area contributed by atoms with Crippen LogP contribution < -0.4 is 5.32 Å². The molecule has 0 aromatic heterocycles. The van der Waals surface area contributed by atoms with Crippen LogP contribution in [0.4, 0.5) is 0 Å². The molecule has 1 aliphatic rings. The van der Waals surface area contributed by atoms with Gasteiger partial charge in [0, 0.05) is 18.6 Å². The van der Waals surface area contributed by atoms with Gasteiger partial charge in [-0.3, -0.25) is 0 Å². The van der Waals surface area contributed by atoms with E-state index in [2.05, 4.69) is 51.9 Å². The van der Waals surface area contributed by atoms with Crippen molar-refractivity contribution < 1.29 is 0 Å². The van der Waals surface area contributed by atoms with E-state index in [1.807, 2.05) is 0 Å². The zero-order valence-corrected chi connectivity index (χ0v) is 14.1. The van der Waals surface area contributed by atoms with Crippen molar-refractivity contribution in [2.24, 2.45) is 17.8 Å². The summed E-state index contributed by atoms with van der Waals surface area (Å²) in [6, 6.07) is 1.43. The topological polar surface area (TPSA) is 15.3 Å². The molecule has 0 radical (unpaired) electrons. The minimum Gasteiger partial charge on any atom is -0.314 e. The summed E-state index contributed by atoms with van der Waals surface area (Å²) in [5, 5.41) is 3.73. The molecule has 0 bridgehead atoms. The Bertz CT molecular complexity index is 239. The molecule has 1 N–H and O–H groups in total. The molecule has 0 heterocycles. The molecule has 0 aromatic rings. The fourth-order valence-electron chi connectivity index (χ4n) is 3.51. The first-order chi connectivity index (χ1) is 8.99. The lowest BCUT2D eigenvalue weighted by Gasteiger charge is -2.40. The fourth-order valence-corrected chi connectivity index (χ4v) is 3.51. The molecule has 1 fully saturated rings. The van der Waals surface area contributed by atoms with Gasteiger partial charge in [-0.15, -0.1) is 0 Å². The van der Waals surface area contributed by atoms with Gasteiger partial charge < -0.3 is 10.2 Å². The van der Waals surface area contributed by atoms with Crippen LogP contribution in [0, 0.1) is 17.8 Å². The van der Waals surface area contributed by atoms with Gasteiger partial charge in [-0.25, -0.2) is 0 Å². The van der Waals surface area contributed by atoms with Crippen molar-refractivity contribution in [2.75, 3.05) is 20.1 Å². The van der Waals surface area contributed by atoms with Gasteiger partial charge in [0.1, 0.15) is 0 Å². The molecule has 2 heteroatoms. The van der Waals surface area contributed by atoms with Gasteiger partial charge in [0.2, 0.25) is 0 Å². The second kappa shape index (κ2) is 8.26. The van der Waals surface area contributed by atoms with Crippen molar-refractivity contribution in [3.63, 3.8) is 0 Å². The zero-order chi connectivity index (χ0) is 14.4. The standard InChI is InChI=1S/C17H36N2/c1-7-15-9-10-17(18-8-2)16(11-15)12-19(6)14(5)13(3)4/h13-18H,7-12H2,1-6H3. The first kappa shape index (κ1) is 17.0. The van der Waals surface area contributed by atoms with Crippen LogP contribution in [0.25, 0.3) is 0 Å². The van der Waals surface area contributed by atoms with E-state index in [-0.39, 0.29) is 0 Å². The Kier molecular flexibility index (Phi) is 7.38. The molecule has 0 saturated heterocycles. The van der Waals surface area contributed by atoms with Crippen LogP contribution in [0.2, 0.25) is 0 Å². The maximum absolute atomic E-state index is 3.73. The van der Waals surface area contributed by atoms with Gasteiger partial charge >= 0.3 is 0 Å². The van der Waals surface area contributed by atoms with Crippen LogP contribution in [-0.2, 0) is 0 Å². The monoisotopic (exact) mass is 268 g/mol. The summed E-state index contributed by atoms with van der Waals surface area (Å²) in [5.41, 5.74) is 0. The number of nitrogens with zero attached hydrogens (tertiary/aromatic N) is 1. The van der Waals surface area contributed by atoms with Gasteiger partial charge in [-0.2, -0.15) is 0 Å². The number of hydrogen-bond acceptors (Lipinski definition) is 2. The van der Waals surface area contributed by atoms with Gasteiger partial charge in [-0.05, 0) is 57.5 Å². The minimum atomic E-state index is 0.685. The van der Waals surface area contributed by atoms with Gasteiger partial charge in [0.15, 0.2) is 0 Å². The van der Waals surface area contributed by atoms with Crippen LogP contribution >= 0.6 is 0 Å². The maximum atomic E-state index is 3.73. The molecule has 4 atom stereocenters. The largest absolute Gasteiger partial charge is 0.314 e. The van der Waals surface area contributed by atoms with E-state index in [4.69, 9.17) is 0 Å². The van der Waals surface area contributed by atoms with Gasteiger partial charge in [0.25, 0.3) is 0 Å². The second-order valence-electron chi connectivity index (χ2n) is 6.94. The highest BCUT2D eigenvalue weighted by atomic mass is 15.1. The Morgan fingerprint density at radius 2 is 1.84 bits per heavy atom. The summed E-state index contributed by atoms with van der Waals surface area (Å²) < 4.78 is 0. The van der Waals surface area contributed by atoms with E-state index in [1.54, 1.807) is 0 Å². The summed E-state index contributed by atoms with van der Waals surface area (Å²) in [5.74, 6) is 2.54. The molecule has 4 unspecified atom stereocenters. The second-order valence-corrected chi connectivity index (χ2v) is 6.94. The highest BCUT2D eigenvalue weighted by molar-refractivity contribution is 4.86. The third-order valence-electron chi connectivity index (χ3n) is 5.32. The van der Waals surface area contributed by atoms with Crippen LogP contribution in [0.5, 0.6) is 0 Å². The summed E-state index contributed by atoms with van der Waals surface area (Å²) in [7, 11) is 2.31. The highest BCUT2D eigenvalue weighted by Crippen LogP contribution is 2.32. The predicted octanol–water partition coefficient (Wildman–Crippen LogP) is 3.77. The molecule has 0 aromatic carbocycles. The molecular weight excluding hydrogens is 232 g/mol. The predicted molar refractivity (Wildman–Crippen MR) is 85.5 cm³/mol. The molecule has 2 nitrogen and oxygen atoms in total. The molecule has 1 saturated carbocycles. The fraction of sp³-hybridized carbons (Fsp3) is 1.00. The van der Waals surface area contributed by atoms with E-state index in [0.29, 0.717) is 6.04 Å². The summed E-state index contributed by atoms with van der Waals surface area (Å²) in [6.07, 6.45) is 5.58. The van der Waals surface area contributed by atoms with E-state index in [9.17, 15) is 0 Å². The number of rotatable bonds is 7. The Balaban J connectivity index is 2.58. The molecular formula is C17H36N2. The van der Waals surface area contributed by atoms with Crippen LogP contribution in [-0.4, -0.2) is 37.1 Å². The number of nitrogens with one attached hydrogen (secondary N) is 1. The average molecular weight is 268 g/mol. The Morgan fingerprint density at radius 3 is 2.37 bits per heavy atom. The van der Waals surface area contributed by atoms with Crippen LogP contribution in [0.15, 0.2) is 0 Å². The lowest BCUT2D eigenvalue weighted by molar-refractivity contribution is 0.118. The summed E-state index contributed by atoms with van der Waals surface area (Å²) in [4.78, 5) is 2.58. The van der Waals surface area contributed by atoms with E-state index < -0.39 is 0 Å². The molecule has 1 aliphatic carbocycles. The Hall–Kier alpha value is -0.0800. The highest BCUT2D eigenvalue weighted by Gasteiger charge is 2.30. The Labute approximate surface area is 121 Å². The quantitative estimate of drug-likeness (QED) is 0.756. The van der Waals surface area contributed by atoms with Crippen molar-refractivity contribution in [1.82, 2.24) is 10.2 Å². The first-order valence-corrected chi connectivity index (χ1v) is 8.43. The maximum Gasteiger partial charge on any atom is 0.0108 e.